The molecule has 2 rings (SSSR count). The maximum absolute atomic E-state index is 4.42. The molecule has 2 aromatic heterocycles. The highest BCUT2D eigenvalue weighted by Gasteiger charge is 2.16. The number of hydrogen-bond donors (Lipinski definition) is 0. The van der Waals surface area contributed by atoms with Crippen LogP contribution in [0.15, 0.2) is 12.5 Å². The third-order valence-corrected chi connectivity index (χ3v) is 3.28. The molecule has 4 nitrogen and oxygen atoms in total. The van der Waals surface area contributed by atoms with Gasteiger partial charge in [-0.25, -0.2) is 4.98 Å². The van der Waals surface area contributed by atoms with Gasteiger partial charge in [0.25, 0.3) is 0 Å². The lowest BCUT2D eigenvalue weighted by Gasteiger charge is -2.14. The first kappa shape index (κ1) is 11.3. The molecule has 2 heterocycles. The van der Waals surface area contributed by atoms with Crippen LogP contribution in [0.1, 0.15) is 37.0 Å². The molecule has 16 heavy (non-hydrogen) atoms. The number of rotatable bonds is 2. The Morgan fingerprint density at radius 1 is 1.38 bits per heavy atom. The fourth-order valence-corrected chi connectivity index (χ4v) is 2.04. The second kappa shape index (κ2) is 3.97. The summed E-state index contributed by atoms with van der Waals surface area (Å²) in [5.74, 6) is 0. The lowest BCUT2D eigenvalue weighted by Crippen LogP contribution is -2.11. The largest absolute Gasteiger partial charge is 0.332 e. The van der Waals surface area contributed by atoms with Gasteiger partial charge in [0.15, 0.2) is 0 Å². The highest BCUT2D eigenvalue weighted by Crippen LogP contribution is 2.20. The van der Waals surface area contributed by atoms with Gasteiger partial charge in [0.05, 0.1) is 29.1 Å². The number of aryl methyl sites for hydroxylation is 1. The molecule has 0 bridgehead atoms. The molecule has 0 atom stereocenters. The Balaban J connectivity index is 2.18. The van der Waals surface area contributed by atoms with Crippen LogP contribution in [0.3, 0.4) is 0 Å². The van der Waals surface area contributed by atoms with Crippen molar-refractivity contribution in [1.29, 1.82) is 0 Å². The molecule has 0 saturated carbocycles. The molecule has 0 aliphatic heterocycles. The minimum atomic E-state index is 0.103. The average molecular weight is 236 g/mol. The van der Waals surface area contributed by atoms with Crippen molar-refractivity contribution in [3.8, 4) is 0 Å². The normalized spacial score (nSPS) is 12.0. The van der Waals surface area contributed by atoms with E-state index in [1.807, 2.05) is 13.3 Å². The molecule has 5 heteroatoms. The number of hydrogen-bond acceptors (Lipinski definition) is 4. The summed E-state index contributed by atoms with van der Waals surface area (Å²) in [6.45, 7) is 9.30. The van der Waals surface area contributed by atoms with Gasteiger partial charge in [-0.1, -0.05) is 25.3 Å². The van der Waals surface area contributed by atoms with Crippen LogP contribution in [-0.2, 0) is 12.0 Å². The van der Waals surface area contributed by atoms with Crippen LogP contribution in [0.2, 0.25) is 0 Å². The van der Waals surface area contributed by atoms with Gasteiger partial charge in [-0.3, -0.25) is 0 Å². The van der Waals surface area contributed by atoms with E-state index in [-0.39, 0.29) is 5.41 Å². The van der Waals surface area contributed by atoms with Crippen LogP contribution < -0.4 is 0 Å². The lowest BCUT2D eigenvalue weighted by atomic mass is 9.93. The van der Waals surface area contributed by atoms with Crippen LogP contribution in [0.4, 0.5) is 0 Å². The molecule has 0 radical (unpaired) electrons. The van der Waals surface area contributed by atoms with Crippen LogP contribution in [-0.4, -0.2) is 19.1 Å². The first-order chi connectivity index (χ1) is 7.47. The fraction of sp³-hybridized carbons (Fsp3) is 0.545. The summed E-state index contributed by atoms with van der Waals surface area (Å²) in [4.78, 5) is 5.62. The van der Waals surface area contributed by atoms with Crippen molar-refractivity contribution in [1.82, 2.24) is 19.1 Å². The first-order valence-electron chi connectivity index (χ1n) is 5.27. The smallest absolute Gasteiger partial charge is 0.0953 e. The van der Waals surface area contributed by atoms with Crippen molar-refractivity contribution in [2.24, 2.45) is 0 Å². The van der Waals surface area contributed by atoms with Crippen LogP contribution in [0.25, 0.3) is 0 Å². The predicted octanol–water partition coefficient (Wildman–Crippen LogP) is 2.39. The summed E-state index contributed by atoms with van der Waals surface area (Å²) < 4.78 is 6.02. The monoisotopic (exact) mass is 236 g/mol. The van der Waals surface area contributed by atoms with E-state index in [2.05, 4.69) is 46.1 Å². The van der Waals surface area contributed by atoms with Crippen LogP contribution in [0.5, 0.6) is 0 Å². The zero-order valence-corrected chi connectivity index (χ0v) is 10.9. The Kier molecular flexibility index (Phi) is 2.80. The molecule has 0 spiro atoms. The van der Waals surface area contributed by atoms with Gasteiger partial charge in [0.1, 0.15) is 0 Å². The standard InChI is InChI=1S/C11H16N4S/c1-8-9(16-14-13-8)5-15-6-10(12-7-15)11(2,3)4/h6-7H,5H2,1-4H3. The maximum atomic E-state index is 4.42. The van der Waals surface area contributed by atoms with Crippen molar-refractivity contribution in [2.75, 3.05) is 0 Å². The van der Waals surface area contributed by atoms with E-state index < -0.39 is 0 Å². The molecule has 0 aliphatic carbocycles. The molecule has 0 N–H and O–H groups in total. The molecule has 2 aromatic rings. The van der Waals surface area contributed by atoms with Crippen molar-refractivity contribution in [3.05, 3.63) is 28.8 Å². The van der Waals surface area contributed by atoms with Gasteiger partial charge in [-0.15, -0.1) is 5.10 Å². The predicted molar refractivity (Wildman–Crippen MR) is 64.7 cm³/mol. The Morgan fingerprint density at radius 3 is 2.62 bits per heavy atom. The molecular formula is C11H16N4S. The quantitative estimate of drug-likeness (QED) is 0.804. The minimum absolute atomic E-state index is 0.103. The summed E-state index contributed by atoms with van der Waals surface area (Å²) in [6, 6.07) is 0. The minimum Gasteiger partial charge on any atom is -0.332 e. The molecular weight excluding hydrogens is 220 g/mol. The molecule has 0 amide bonds. The Morgan fingerprint density at radius 2 is 2.12 bits per heavy atom. The van der Waals surface area contributed by atoms with E-state index in [9.17, 15) is 0 Å². The average Bonchev–Trinajstić information content (AvgIpc) is 2.76. The first-order valence-corrected chi connectivity index (χ1v) is 6.04. The Hall–Kier alpha value is -1.23. The topological polar surface area (TPSA) is 43.6 Å². The van der Waals surface area contributed by atoms with Gasteiger partial charge in [0, 0.05) is 11.6 Å². The third-order valence-electron chi connectivity index (χ3n) is 2.47. The third kappa shape index (κ3) is 2.29. The van der Waals surface area contributed by atoms with Gasteiger partial charge >= 0.3 is 0 Å². The van der Waals surface area contributed by atoms with Crippen LogP contribution >= 0.6 is 11.5 Å². The van der Waals surface area contributed by atoms with E-state index in [0.29, 0.717) is 0 Å². The maximum Gasteiger partial charge on any atom is 0.0953 e. The van der Waals surface area contributed by atoms with Gasteiger partial charge in [0.2, 0.25) is 0 Å². The lowest BCUT2D eigenvalue weighted by molar-refractivity contribution is 0.571. The fourth-order valence-electron chi connectivity index (χ4n) is 1.40. The molecule has 0 aliphatic rings. The van der Waals surface area contributed by atoms with E-state index in [4.69, 9.17) is 0 Å². The molecule has 0 unspecified atom stereocenters. The summed E-state index contributed by atoms with van der Waals surface area (Å²) in [7, 11) is 0. The van der Waals surface area contributed by atoms with Gasteiger partial charge in [-0.2, -0.15) is 0 Å². The Labute approximate surface area is 99.5 Å². The highest BCUT2D eigenvalue weighted by atomic mass is 32.1. The zero-order chi connectivity index (χ0) is 11.8. The van der Waals surface area contributed by atoms with Crippen molar-refractivity contribution in [2.45, 2.75) is 39.7 Å². The van der Waals surface area contributed by atoms with E-state index in [1.54, 1.807) is 0 Å². The Bertz CT molecular complexity index is 478. The van der Waals surface area contributed by atoms with E-state index >= 15 is 0 Å². The summed E-state index contributed by atoms with van der Waals surface area (Å²) >= 11 is 1.45. The SMILES string of the molecule is Cc1nnsc1Cn1cnc(C(C)(C)C)c1. The van der Waals surface area contributed by atoms with E-state index in [0.717, 1.165) is 17.9 Å². The summed E-state index contributed by atoms with van der Waals surface area (Å²) in [5.41, 5.74) is 2.23. The van der Waals surface area contributed by atoms with Crippen molar-refractivity contribution >= 4 is 11.5 Å². The van der Waals surface area contributed by atoms with Gasteiger partial charge < -0.3 is 4.57 Å². The van der Waals surface area contributed by atoms with Crippen molar-refractivity contribution in [3.63, 3.8) is 0 Å². The summed E-state index contributed by atoms with van der Waals surface area (Å²) in [6.07, 6.45) is 3.97. The second-order valence-electron chi connectivity index (χ2n) is 4.96. The number of nitrogens with zero attached hydrogens (tertiary/aromatic N) is 4. The number of imidazole rings is 1. The molecule has 86 valence electrons. The van der Waals surface area contributed by atoms with Gasteiger partial charge in [-0.05, 0) is 18.5 Å². The van der Waals surface area contributed by atoms with E-state index in [1.165, 1.54) is 16.4 Å². The van der Waals surface area contributed by atoms with Crippen molar-refractivity contribution < 1.29 is 0 Å². The molecule has 0 saturated heterocycles. The second-order valence-corrected chi connectivity index (χ2v) is 5.80. The zero-order valence-electron chi connectivity index (χ0n) is 10.1. The summed E-state index contributed by atoms with van der Waals surface area (Å²) in [5, 5.41) is 4.00. The molecule has 0 fully saturated rings. The van der Waals surface area contributed by atoms with Crippen LogP contribution in [0, 0.1) is 6.92 Å². The number of aromatic nitrogens is 4. The highest BCUT2D eigenvalue weighted by molar-refractivity contribution is 7.05. The molecule has 0 aromatic carbocycles.